The zero-order valence-corrected chi connectivity index (χ0v) is 11.5. The first-order valence-corrected chi connectivity index (χ1v) is 6.71. The normalized spacial score (nSPS) is 16.2. The van der Waals surface area contributed by atoms with Gasteiger partial charge in [-0.05, 0) is 43.9 Å². The monoisotopic (exact) mass is 277 g/mol. The van der Waals surface area contributed by atoms with Gasteiger partial charge in [0, 0.05) is 24.8 Å². The van der Waals surface area contributed by atoms with E-state index in [0.29, 0.717) is 12.2 Å². The molecule has 0 spiro atoms. The molecule has 20 heavy (non-hydrogen) atoms. The summed E-state index contributed by atoms with van der Waals surface area (Å²) < 4.78 is 5.08. The molecule has 0 aromatic heterocycles. The lowest BCUT2D eigenvalue weighted by atomic mass is 9.74. The predicted molar refractivity (Wildman–Crippen MR) is 73.9 cm³/mol. The summed E-state index contributed by atoms with van der Waals surface area (Å²) in [6, 6.07) is 6.09. The van der Waals surface area contributed by atoms with Gasteiger partial charge in [-0.15, -0.1) is 0 Å². The topological polar surface area (TPSA) is 75.6 Å². The minimum Gasteiger partial charge on any atom is -0.478 e. The summed E-state index contributed by atoms with van der Waals surface area (Å²) in [6.07, 6.45) is 3.77. The molecule has 1 saturated carbocycles. The van der Waals surface area contributed by atoms with Crippen molar-refractivity contribution in [3.8, 4) is 0 Å². The van der Waals surface area contributed by atoms with E-state index >= 15 is 0 Å². The van der Waals surface area contributed by atoms with Crippen LogP contribution in [0.5, 0.6) is 0 Å². The molecule has 0 heterocycles. The number of amides is 1. The van der Waals surface area contributed by atoms with E-state index in [0.717, 1.165) is 25.7 Å². The second-order valence-corrected chi connectivity index (χ2v) is 5.22. The third kappa shape index (κ3) is 3.17. The molecular weight excluding hydrogens is 258 g/mol. The number of ether oxygens (including phenoxy) is 1. The number of nitrogens with one attached hydrogen (secondary N) is 1. The van der Waals surface area contributed by atoms with Crippen molar-refractivity contribution in [3.05, 3.63) is 35.4 Å². The number of rotatable bonds is 6. The highest BCUT2D eigenvalue weighted by Crippen LogP contribution is 2.35. The van der Waals surface area contributed by atoms with Crippen LogP contribution in [-0.2, 0) is 4.74 Å². The Kier molecular flexibility index (Phi) is 4.39. The van der Waals surface area contributed by atoms with Gasteiger partial charge in [-0.2, -0.15) is 0 Å². The van der Waals surface area contributed by atoms with Crippen LogP contribution >= 0.6 is 0 Å². The Hall–Kier alpha value is -1.88. The van der Waals surface area contributed by atoms with Crippen molar-refractivity contribution >= 4 is 11.9 Å². The van der Waals surface area contributed by atoms with E-state index in [2.05, 4.69) is 5.32 Å². The Labute approximate surface area is 117 Å². The molecule has 0 atom stereocenters. The second kappa shape index (κ2) is 6.05. The molecular formula is C15H19NO4. The summed E-state index contributed by atoms with van der Waals surface area (Å²) in [5.41, 5.74) is 0.317. The number of carboxylic acid groups (broad SMARTS) is 1. The van der Waals surface area contributed by atoms with Gasteiger partial charge in [0.05, 0.1) is 5.56 Å². The second-order valence-electron chi connectivity index (χ2n) is 5.22. The first-order chi connectivity index (χ1) is 9.56. The van der Waals surface area contributed by atoms with Gasteiger partial charge in [-0.3, -0.25) is 4.79 Å². The van der Waals surface area contributed by atoms with Gasteiger partial charge in [0.2, 0.25) is 0 Å². The Balaban J connectivity index is 2.07. The van der Waals surface area contributed by atoms with Crippen LogP contribution in [0.2, 0.25) is 0 Å². The van der Waals surface area contributed by atoms with E-state index in [4.69, 9.17) is 9.84 Å². The maximum absolute atomic E-state index is 12.2. The molecule has 2 N–H and O–H groups in total. The maximum atomic E-state index is 12.2. The lowest BCUT2D eigenvalue weighted by molar-refractivity contribution is 0.0696. The van der Waals surface area contributed by atoms with Gasteiger partial charge in [-0.1, -0.05) is 6.07 Å². The number of methoxy groups -OCH3 is 1. The van der Waals surface area contributed by atoms with Crippen molar-refractivity contribution < 1.29 is 19.4 Å². The molecule has 0 radical (unpaired) electrons. The van der Waals surface area contributed by atoms with Crippen molar-refractivity contribution in [3.63, 3.8) is 0 Å². The van der Waals surface area contributed by atoms with Crippen molar-refractivity contribution in [1.29, 1.82) is 0 Å². The quantitative estimate of drug-likeness (QED) is 0.834. The molecule has 108 valence electrons. The fourth-order valence-electron chi connectivity index (χ4n) is 2.44. The molecule has 0 bridgehead atoms. The number of benzene rings is 1. The molecule has 0 unspecified atom stereocenters. The van der Waals surface area contributed by atoms with Crippen molar-refractivity contribution in [1.82, 2.24) is 5.32 Å². The average Bonchev–Trinajstić information content (AvgIpc) is 2.41. The molecule has 1 amide bonds. The van der Waals surface area contributed by atoms with Crippen LogP contribution in [0.15, 0.2) is 24.3 Å². The smallest absolute Gasteiger partial charge is 0.335 e. The minimum atomic E-state index is -1.03. The van der Waals surface area contributed by atoms with Gasteiger partial charge >= 0.3 is 5.97 Å². The first kappa shape index (κ1) is 14.5. The van der Waals surface area contributed by atoms with Crippen LogP contribution in [0, 0.1) is 0 Å². The molecule has 2 rings (SSSR count). The number of hydrogen-bond donors (Lipinski definition) is 2. The van der Waals surface area contributed by atoms with E-state index < -0.39 is 5.97 Å². The third-order valence-electron chi connectivity index (χ3n) is 3.85. The minimum absolute atomic E-state index is 0.122. The SMILES string of the molecule is COCCC1(NC(=O)c2cccc(C(=O)O)c2)CCC1. The van der Waals surface area contributed by atoms with Gasteiger partial charge in [-0.25, -0.2) is 4.79 Å². The molecule has 1 aliphatic rings. The molecule has 1 aliphatic carbocycles. The van der Waals surface area contributed by atoms with Crippen molar-refractivity contribution in [2.75, 3.05) is 13.7 Å². The zero-order chi connectivity index (χ0) is 14.6. The molecule has 5 nitrogen and oxygen atoms in total. The first-order valence-electron chi connectivity index (χ1n) is 6.71. The highest BCUT2D eigenvalue weighted by molar-refractivity contribution is 5.97. The Morgan fingerprint density at radius 2 is 2.05 bits per heavy atom. The van der Waals surface area contributed by atoms with E-state index in [9.17, 15) is 9.59 Å². The van der Waals surface area contributed by atoms with Gasteiger partial charge in [0.25, 0.3) is 5.91 Å². The highest BCUT2D eigenvalue weighted by Gasteiger charge is 2.38. The van der Waals surface area contributed by atoms with Crippen LogP contribution in [-0.4, -0.2) is 36.2 Å². The van der Waals surface area contributed by atoms with E-state index in [1.165, 1.54) is 12.1 Å². The summed E-state index contributed by atoms with van der Waals surface area (Å²) in [7, 11) is 1.64. The summed E-state index contributed by atoms with van der Waals surface area (Å²) >= 11 is 0. The van der Waals surface area contributed by atoms with Gasteiger partial charge in [0.15, 0.2) is 0 Å². The largest absolute Gasteiger partial charge is 0.478 e. The summed E-state index contributed by atoms with van der Waals surface area (Å²) in [5, 5.41) is 12.0. The fraction of sp³-hybridized carbons (Fsp3) is 0.467. The van der Waals surface area contributed by atoms with Crippen LogP contribution in [0.3, 0.4) is 0 Å². The molecule has 1 fully saturated rings. The predicted octanol–water partition coefficient (Wildman–Crippen LogP) is 2.07. The Bertz CT molecular complexity index is 508. The number of hydrogen-bond acceptors (Lipinski definition) is 3. The molecule has 0 aliphatic heterocycles. The van der Waals surface area contributed by atoms with Crippen LogP contribution in [0.4, 0.5) is 0 Å². The Morgan fingerprint density at radius 3 is 2.60 bits per heavy atom. The summed E-state index contributed by atoms with van der Waals surface area (Å²) in [4.78, 5) is 23.2. The van der Waals surface area contributed by atoms with Crippen LogP contribution in [0.25, 0.3) is 0 Å². The third-order valence-corrected chi connectivity index (χ3v) is 3.85. The van der Waals surface area contributed by atoms with Gasteiger partial charge in [0.1, 0.15) is 0 Å². The summed E-state index contributed by atoms with van der Waals surface area (Å²) in [6.45, 7) is 0.607. The van der Waals surface area contributed by atoms with Crippen molar-refractivity contribution in [2.45, 2.75) is 31.2 Å². The zero-order valence-electron chi connectivity index (χ0n) is 11.5. The highest BCUT2D eigenvalue weighted by atomic mass is 16.5. The lowest BCUT2D eigenvalue weighted by Gasteiger charge is -2.42. The molecule has 1 aromatic rings. The fourth-order valence-corrected chi connectivity index (χ4v) is 2.44. The maximum Gasteiger partial charge on any atom is 0.335 e. The molecule has 1 aromatic carbocycles. The molecule has 0 saturated heterocycles. The number of carbonyl (C=O) groups is 2. The van der Waals surface area contributed by atoms with Crippen molar-refractivity contribution in [2.24, 2.45) is 0 Å². The summed E-state index contributed by atoms with van der Waals surface area (Å²) in [5.74, 6) is -1.25. The van der Waals surface area contributed by atoms with Crippen LogP contribution < -0.4 is 5.32 Å². The number of carboxylic acids is 1. The number of aromatic carboxylic acids is 1. The average molecular weight is 277 g/mol. The standard InChI is InChI=1S/C15H19NO4/c1-20-9-8-15(6-3-7-15)16-13(17)11-4-2-5-12(10-11)14(18)19/h2,4-5,10H,3,6-9H2,1H3,(H,16,17)(H,18,19). The molecule has 5 heteroatoms. The van der Waals surface area contributed by atoms with E-state index in [1.54, 1.807) is 19.2 Å². The van der Waals surface area contributed by atoms with Gasteiger partial charge < -0.3 is 15.2 Å². The van der Waals surface area contributed by atoms with E-state index in [-0.39, 0.29) is 17.0 Å². The van der Waals surface area contributed by atoms with E-state index in [1.807, 2.05) is 0 Å². The Morgan fingerprint density at radius 1 is 1.35 bits per heavy atom. The van der Waals surface area contributed by atoms with Crippen LogP contribution in [0.1, 0.15) is 46.4 Å². The lowest BCUT2D eigenvalue weighted by Crippen LogP contribution is -2.54. The number of carbonyl (C=O) groups excluding carboxylic acids is 1.